The molecule has 1 aromatic rings. The van der Waals surface area contributed by atoms with Crippen molar-refractivity contribution in [3.63, 3.8) is 0 Å². The zero-order valence-electron chi connectivity index (χ0n) is 9.78. The second-order valence-electron chi connectivity index (χ2n) is 4.55. The molecule has 1 amide bonds. The van der Waals surface area contributed by atoms with Crippen LogP contribution in [0, 0.1) is 5.92 Å². The fourth-order valence-electron chi connectivity index (χ4n) is 2.01. The summed E-state index contributed by atoms with van der Waals surface area (Å²) in [4.78, 5) is 11.4. The summed E-state index contributed by atoms with van der Waals surface area (Å²) in [6, 6.07) is 10.7. The fourth-order valence-corrected chi connectivity index (χ4v) is 2.01. The Morgan fingerprint density at radius 3 is 2.62 bits per heavy atom. The minimum atomic E-state index is 0.174. The lowest BCUT2D eigenvalue weighted by atomic mass is 10.0. The summed E-state index contributed by atoms with van der Waals surface area (Å²) in [5, 5.41) is 3.14. The van der Waals surface area contributed by atoms with Crippen LogP contribution in [-0.4, -0.2) is 11.9 Å². The lowest BCUT2D eigenvalue weighted by Gasteiger charge is -2.18. The summed E-state index contributed by atoms with van der Waals surface area (Å²) in [5.41, 5.74) is 1.32. The normalized spacial score (nSPS) is 16.8. The van der Waals surface area contributed by atoms with Crippen molar-refractivity contribution >= 4 is 5.91 Å². The average molecular weight is 217 g/mol. The molecular formula is C14H19NO. The van der Waals surface area contributed by atoms with E-state index in [-0.39, 0.29) is 5.91 Å². The van der Waals surface area contributed by atoms with Crippen LogP contribution >= 0.6 is 0 Å². The first kappa shape index (κ1) is 11.2. The van der Waals surface area contributed by atoms with Gasteiger partial charge in [0.15, 0.2) is 0 Å². The molecule has 2 nitrogen and oxygen atoms in total. The second kappa shape index (κ2) is 5.15. The summed E-state index contributed by atoms with van der Waals surface area (Å²) in [6.07, 6.45) is 4.08. The van der Waals surface area contributed by atoms with Crippen molar-refractivity contribution in [3.8, 4) is 0 Å². The third-order valence-corrected chi connectivity index (χ3v) is 3.16. The third-order valence-electron chi connectivity index (χ3n) is 3.16. The van der Waals surface area contributed by atoms with Crippen molar-refractivity contribution in [1.82, 2.24) is 5.32 Å². The number of hydrogen-bond acceptors (Lipinski definition) is 1. The van der Waals surface area contributed by atoms with Crippen LogP contribution in [0.4, 0.5) is 0 Å². The van der Waals surface area contributed by atoms with E-state index in [1.54, 1.807) is 0 Å². The van der Waals surface area contributed by atoms with Crippen molar-refractivity contribution in [1.29, 1.82) is 0 Å². The van der Waals surface area contributed by atoms with Crippen molar-refractivity contribution in [2.75, 3.05) is 0 Å². The van der Waals surface area contributed by atoms with Gasteiger partial charge in [0.2, 0.25) is 5.91 Å². The first-order valence-electron chi connectivity index (χ1n) is 6.13. The summed E-state index contributed by atoms with van der Waals surface area (Å²) < 4.78 is 0. The maximum Gasteiger partial charge on any atom is 0.219 e. The van der Waals surface area contributed by atoms with E-state index in [9.17, 15) is 4.79 Å². The van der Waals surface area contributed by atoms with E-state index in [0.717, 1.165) is 6.42 Å². The van der Waals surface area contributed by atoms with Crippen LogP contribution < -0.4 is 5.32 Å². The Morgan fingerprint density at radius 2 is 2.06 bits per heavy atom. The van der Waals surface area contributed by atoms with E-state index in [1.165, 1.54) is 18.4 Å². The molecule has 1 aliphatic rings. The summed E-state index contributed by atoms with van der Waals surface area (Å²) >= 11 is 0. The van der Waals surface area contributed by atoms with E-state index in [0.29, 0.717) is 18.4 Å². The predicted octanol–water partition coefficient (Wildman–Crippen LogP) is 2.53. The molecule has 0 aliphatic heterocycles. The minimum absolute atomic E-state index is 0.174. The highest BCUT2D eigenvalue weighted by Crippen LogP contribution is 2.34. The average Bonchev–Trinajstić information content (AvgIpc) is 3.13. The number of nitrogens with one attached hydrogen (secondary N) is 1. The summed E-state index contributed by atoms with van der Waals surface area (Å²) in [7, 11) is 0. The molecule has 0 aromatic heterocycles. The molecule has 86 valence electrons. The van der Waals surface area contributed by atoms with Crippen molar-refractivity contribution in [2.24, 2.45) is 5.92 Å². The zero-order chi connectivity index (χ0) is 11.4. The first-order valence-corrected chi connectivity index (χ1v) is 6.13. The van der Waals surface area contributed by atoms with Crippen molar-refractivity contribution < 1.29 is 4.79 Å². The van der Waals surface area contributed by atoms with Crippen LogP contribution in [0.1, 0.15) is 31.7 Å². The van der Waals surface area contributed by atoms with Gasteiger partial charge in [-0.15, -0.1) is 0 Å². The fraction of sp³-hybridized carbons (Fsp3) is 0.500. The highest BCUT2D eigenvalue weighted by molar-refractivity contribution is 5.75. The van der Waals surface area contributed by atoms with Crippen LogP contribution in [0.5, 0.6) is 0 Å². The number of hydrogen-bond donors (Lipinski definition) is 1. The molecule has 2 rings (SSSR count). The number of rotatable bonds is 5. The summed E-state index contributed by atoms with van der Waals surface area (Å²) in [6.45, 7) is 1.90. The Kier molecular flexibility index (Phi) is 3.60. The standard InChI is InChI=1S/C14H19NO/c1-2-14(16)15-13(12-8-9-12)10-11-6-4-3-5-7-11/h3-7,12-13H,2,8-10H2,1H3,(H,15,16). The van der Waals surface area contributed by atoms with Gasteiger partial charge in [0.1, 0.15) is 0 Å². The molecule has 0 heterocycles. The lowest BCUT2D eigenvalue weighted by Crippen LogP contribution is -2.37. The van der Waals surface area contributed by atoms with Gasteiger partial charge < -0.3 is 5.32 Å². The molecule has 0 spiro atoms. The molecule has 1 fully saturated rings. The smallest absolute Gasteiger partial charge is 0.219 e. The van der Waals surface area contributed by atoms with Crippen LogP contribution in [0.15, 0.2) is 30.3 Å². The predicted molar refractivity (Wildman–Crippen MR) is 65.1 cm³/mol. The first-order chi connectivity index (χ1) is 7.79. The van der Waals surface area contributed by atoms with Crippen LogP contribution in [0.25, 0.3) is 0 Å². The molecule has 1 N–H and O–H groups in total. The molecular weight excluding hydrogens is 198 g/mol. The van der Waals surface area contributed by atoms with E-state index in [4.69, 9.17) is 0 Å². The van der Waals surface area contributed by atoms with Gasteiger partial charge in [-0.05, 0) is 30.7 Å². The van der Waals surface area contributed by atoms with E-state index >= 15 is 0 Å². The van der Waals surface area contributed by atoms with Gasteiger partial charge in [0, 0.05) is 12.5 Å². The Balaban J connectivity index is 1.95. The highest BCUT2D eigenvalue weighted by Gasteiger charge is 2.31. The molecule has 0 bridgehead atoms. The van der Waals surface area contributed by atoms with Crippen molar-refractivity contribution in [3.05, 3.63) is 35.9 Å². The van der Waals surface area contributed by atoms with Gasteiger partial charge in [-0.25, -0.2) is 0 Å². The molecule has 2 heteroatoms. The molecule has 1 aliphatic carbocycles. The van der Waals surface area contributed by atoms with Gasteiger partial charge in [-0.2, -0.15) is 0 Å². The molecule has 1 aromatic carbocycles. The molecule has 1 atom stereocenters. The van der Waals surface area contributed by atoms with Gasteiger partial charge in [0.25, 0.3) is 0 Å². The SMILES string of the molecule is CCC(=O)NC(Cc1ccccc1)C1CC1. The quantitative estimate of drug-likeness (QED) is 0.806. The Hall–Kier alpha value is -1.31. The molecule has 16 heavy (non-hydrogen) atoms. The maximum atomic E-state index is 11.4. The van der Waals surface area contributed by atoms with E-state index in [2.05, 4.69) is 29.6 Å². The Morgan fingerprint density at radius 1 is 1.38 bits per heavy atom. The maximum absolute atomic E-state index is 11.4. The number of carbonyl (C=O) groups is 1. The van der Waals surface area contributed by atoms with Crippen molar-refractivity contribution in [2.45, 2.75) is 38.6 Å². The van der Waals surface area contributed by atoms with E-state index in [1.807, 2.05) is 13.0 Å². The Bertz CT molecular complexity index is 343. The Labute approximate surface area is 97.1 Å². The van der Waals surface area contributed by atoms with Crippen LogP contribution in [0.3, 0.4) is 0 Å². The topological polar surface area (TPSA) is 29.1 Å². The van der Waals surface area contributed by atoms with Gasteiger partial charge in [-0.1, -0.05) is 37.3 Å². The van der Waals surface area contributed by atoms with E-state index < -0.39 is 0 Å². The molecule has 0 saturated heterocycles. The monoisotopic (exact) mass is 217 g/mol. The van der Waals surface area contributed by atoms with Gasteiger partial charge >= 0.3 is 0 Å². The zero-order valence-corrected chi connectivity index (χ0v) is 9.78. The summed E-state index contributed by atoms with van der Waals surface area (Å²) in [5.74, 6) is 0.878. The minimum Gasteiger partial charge on any atom is -0.353 e. The number of benzene rings is 1. The van der Waals surface area contributed by atoms with Crippen LogP contribution in [-0.2, 0) is 11.2 Å². The lowest BCUT2D eigenvalue weighted by molar-refractivity contribution is -0.121. The second-order valence-corrected chi connectivity index (χ2v) is 4.55. The van der Waals surface area contributed by atoms with Gasteiger partial charge in [0.05, 0.1) is 0 Å². The third kappa shape index (κ3) is 3.09. The van der Waals surface area contributed by atoms with Gasteiger partial charge in [-0.3, -0.25) is 4.79 Å². The molecule has 1 saturated carbocycles. The largest absolute Gasteiger partial charge is 0.353 e. The molecule has 0 radical (unpaired) electrons. The number of amides is 1. The molecule has 1 unspecified atom stereocenters. The highest BCUT2D eigenvalue weighted by atomic mass is 16.1. The number of carbonyl (C=O) groups excluding carboxylic acids is 1. The van der Waals surface area contributed by atoms with Crippen LogP contribution in [0.2, 0.25) is 0 Å².